The molecule has 0 amide bonds. The molecule has 0 bridgehead atoms. The van der Waals surface area contributed by atoms with Crippen molar-refractivity contribution in [2.75, 3.05) is 0 Å². The van der Waals surface area contributed by atoms with Crippen LogP contribution in [0.2, 0.25) is 0 Å². The molecular formula is C13H23NO. The van der Waals surface area contributed by atoms with Crippen molar-refractivity contribution in [1.29, 1.82) is 0 Å². The van der Waals surface area contributed by atoms with E-state index in [4.69, 9.17) is 4.42 Å². The van der Waals surface area contributed by atoms with Crippen LogP contribution < -0.4 is 5.32 Å². The minimum absolute atomic E-state index is 0.556. The Kier molecular flexibility index (Phi) is 4.89. The summed E-state index contributed by atoms with van der Waals surface area (Å²) in [6, 6.07) is 4.68. The zero-order valence-corrected chi connectivity index (χ0v) is 10.3. The molecule has 0 aliphatic carbocycles. The van der Waals surface area contributed by atoms with Gasteiger partial charge in [0, 0.05) is 12.5 Å². The van der Waals surface area contributed by atoms with Crippen molar-refractivity contribution < 1.29 is 4.42 Å². The summed E-state index contributed by atoms with van der Waals surface area (Å²) in [5.74, 6) is 2.86. The van der Waals surface area contributed by atoms with Gasteiger partial charge >= 0.3 is 0 Å². The van der Waals surface area contributed by atoms with E-state index in [2.05, 4.69) is 45.1 Å². The second-order valence-electron chi connectivity index (χ2n) is 4.63. The van der Waals surface area contributed by atoms with Gasteiger partial charge in [0.15, 0.2) is 0 Å². The summed E-state index contributed by atoms with van der Waals surface area (Å²) in [5, 5.41) is 3.47. The van der Waals surface area contributed by atoms with Gasteiger partial charge in [-0.05, 0) is 31.4 Å². The molecule has 1 atom stereocenters. The number of nitrogens with one attached hydrogen (secondary N) is 1. The normalized spacial score (nSPS) is 13.4. The molecule has 0 aliphatic rings. The predicted molar refractivity (Wildman–Crippen MR) is 63.8 cm³/mol. The van der Waals surface area contributed by atoms with Crippen LogP contribution in [0.3, 0.4) is 0 Å². The van der Waals surface area contributed by atoms with Crippen LogP contribution in [-0.4, -0.2) is 6.04 Å². The van der Waals surface area contributed by atoms with Crippen LogP contribution in [0.25, 0.3) is 0 Å². The van der Waals surface area contributed by atoms with Crippen LogP contribution >= 0.6 is 0 Å². The highest BCUT2D eigenvalue weighted by atomic mass is 16.3. The minimum Gasteiger partial charge on any atom is -0.465 e. The Balaban J connectivity index is 2.30. The van der Waals surface area contributed by atoms with Crippen molar-refractivity contribution in [3.8, 4) is 0 Å². The summed E-state index contributed by atoms with van der Waals surface area (Å²) in [6.45, 7) is 9.68. The molecular weight excluding hydrogens is 186 g/mol. The maximum atomic E-state index is 5.63. The van der Waals surface area contributed by atoms with E-state index in [9.17, 15) is 0 Å². The molecule has 1 aromatic rings. The molecule has 0 aliphatic heterocycles. The van der Waals surface area contributed by atoms with E-state index in [0.29, 0.717) is 6.04 Å². The summed E-state index contributed by atoms with van der Waals surface area (Å²) < 4.78 is 5.63. The van der Waals surface area contributed by atoms with E-state index in [1.54, 1.807) is 0 Å². The molecule has 0 saturated heterocycles. The summed E-state index contributed by atoms with van der Waals surface area (Å²) >= 11 is 0. The Labute approximate surface area is 93.1 Å². The molecule has 1 heterocycles. The van der Waals surface area contributed by atoms with Crippen molar-refractivity contribution >= 4 is 0 Å². The lowest BCUT2D eigenvalue weighted by molar-refractivity contribution is 0.400. The number of furan rings is 1. The SMILES string of the molecule is CCc1ccc(CN[C@@H](C)CC(C)C)o1. The van der Waals surface area contributed by atoms with Crippen LogP contribution in [0.15, 0.2) is 16.5 Å². The third-order valence-electron chi connectivity index (χ3n) is 2.52. The van der Waals surface area contributed by atoms with Gasteiger partial charge in [-0.25, -0.2) is 0 Å². The molecule has 0 unspecified atom stereocenters. The Morgan fingerprint density at radius 1 is 1.20 bits per heavy atom. The van der Waals surface area contributed by atoms with Gasteiger partial charge in [-0.15, -0.1) is 0 Å². The highest BCUT2D eigenvalue weighted by molar-refractivity contribution is 5.06. The first kappa shape index (κ1) is 12.3. The molecule has 2 heteroatoms. The molecule has 0 fully saturated rings. The standard InChI is InChI=1S/C13H23NO/c1-5-12-6-7-13(15-12)9-14-11(4)8-10(2)3/h6-7,10-11,14H,5,8-9H2,1-4H3/t11-/m0/s1. The van der Waals surface area contributed by atoms with Gasteiger partial charge in [-0.1, -0.05) is 20.8 Å². The summed E-state index contributed by atoms with van der Waals surface area (Å²) in [7, 11) is 0. The zero-order valence-electron chi connectivity index (χ0n) is 10.3. The van der Waals surface area contributed by atoms with E-state index in [0.717, 1.165) is 30.4 Å². The van der Waals surface area contributed by atoms with E-state index in [1.165, 1.54) is 6.42 Å². The van der Waals surface area contributed by atoms with Gasteiger partial charge in [0.2, 0.25) is 0 Å². The van der Waals surface area contributed by atoms with Crippen LogP contribution in [-0.2, 0) is 13.0 Å². The van der Waals surface area contributed by atoms with Crippen LogP contribution in [0.4, 0.5) is 0 Å². The van der Waals surface area contributed by atoms with E-state index < -0.39 is 0 Å². The average Bonchev–Trinajstić information content (AvgIpc) is 2.61. The number of hydrogen-bond donors (Lipinski definition) is 1. The number of rotatable bonds is 6. The molecule has 1 N–H and O–H groups in total. The molecule has 0 saturated carbocycles. The van der Waals surface area contributed by atoms with Crippen molar-refractivity contribution in [2.45, 2.75) is 53.1 Å². The topological polar surface area (TPSA) is 25.2 Å². The largest absolute Gasteiger partial charge is 0.465 e. The fourth-order valence-corrected chi connectivity index (χ4v) is 1.77. The second-order valence-corrected chi connectivity index (χ2v) is 4.63. The first-order valence-corrected chi connectivity index (χ1v) is 5.92. The molecule has 2 nitrogen and oxygen atoms in total. The van der Waals surface area contributed by atoms with Gasteiger partial charge in [-0.2, -0.15) is 0 Å². The molecule has 0 spiro atoms. The molecule has 1 rings (SSSR count). The second kappa shape index (κ2) is 5.96. The van der Waals surface area contributed by atoms with Crippen LogP contribution in [0, 0.1) is 5.92 Å². The van der Waals surface area contributed by atoms with Crippen LogP contribution in [0.5, 0.6) is 0 Å². The predicted octanol–water partition coefficient (Wildman–Crippen LogP) is 3.37. The molecule has 86 valence electrons. The maximum Gasteiger partial charge on any atom is 0.117 e. The molecule has 0 radical (unpaired) electrons. The fourth-order valence-electron chi connectivity index (χ4n) is 1.77. The lowest BCUT2D eigenvalue weighted by Crippen LogP contribution is -2.26. The van der Waals surface area contributed by atoms with Crippen molar-refractivity contribution in [3.63, 3.8) is 0 Å². The highest BCUT2D eigenvalue weighted by Gasteiger charge is 2.06. The number of aryl methyl sites for hydroxylation is 1. The van der Waals surface area contributed by atoms with Crippen molar-refractivity contribution in [2.24, 2.45) is 5.92 Å². The van der Waals surface area contributed by atoms with Crippen molar-refractivity contribution in [1.82, 2.24) is 5.32 Å². The van der Waals surface area contributed by atoms with Gasteiger partial charge in [-0.3, -0.25) is 0 Å². The smallest absolute Gasteiger partial charge is 0.117 e. The highest BCUT2D eigenvalue weighted by Crippen LogP contribution is 2.09. The number of hydrogen-bond acceptors (Lipinski definition) is 2. The summed E-state index contributed by atoms with van der Waals surface area (Å²) in [4.78, 5) is 0. The van der Waals surface area contributed by atoms with Gasteiger partial charge in [0.1, 0.15) is 11.5 Å². The molecule has 0 aromatic carbocycles. The molecule has 15 heavy (non-hydrogen) atoms. The van der Waals surface area contributed by atoms with E-state index in [1.807, 2.05) is 0 Å². The third-order valence-corrected chi connectivity index (χ3v) is 2.52. The average molecular weight is 209 g/mol. The first-order chi connectivity index (χ1) is 7.11. The van der Waals surface area contributed by atoms with Gasteiger partial charge < -0.3 is 9.73 Å². The molecule has 1 aromatic heterocycles. The summed E-state index contributed by atoms with van der Waals surface area (Å²) in [5.41, 5.74) is 0. The Morgan fingerprint density at radius 3 is 2.40 bits per heavy atom. The van der Waals surface area contributed by atoms with Gasteiger partial charge in [0.05, 0.1) is 6.54 Å². The van der Waals surface area contributed by atoms with Crippen molar-refractivity contribution in [3.05, 3.63) is 23.7 Å². The Morgan fingerprint density at radius 2 is 1.87 bits per heavy atom. The third kappa shape index (κ3) is 4.52. The van der Waals surface area contributed by atoms with Crippen LogP contribution in [0.1, 0.15) is 45.6 Å². The van der Waals surface area contributed by atoms with E-state index in [-0.39, 0.29) is 0 Å². The first-order valence-electron chi connectivity index (χ1n) is 5.92. The van der Waals surface area contributed by atoms with Gasteiger partial charge in [0.25, 0.3) is 0 Å². The Bertz CT molecular complexity index is 278. The monoisotopic (exact) mass is 209 g/mol. The van der Waals surface area contributed by atoms with E-state index >= 15 is 0 Å². The maximum absolute atomic E-state index is 5.63. The lowest BCUT2D eigenvalue weighted by atomic mass is 10.1. The fraction of sp³-hybridized carbons (Fsp3) is 0.692. The summed E-state index contributed by atoms with van der Waals surface area (Å²) in [6.07, 6.45) is 2.18. The Hall–Kier alpha value is -0.760. The zero-order chi connectivity index (χ0) is 11.3. The lowest BCUT2D eigenvalue weighted by Gasteiger charge is -2.14. The quantitative estimate of drug-likeness (QED) is 0.777. The minimum atomic E-state index is 0.556.